The van der Waals surface area contributed by atoms with Crippen LogP contribution in [0.5, 0.6) is 0 Å². The fourth-order valence-corrected chi connectivity index (χ4v) is 4.15. The lowest BCUT2D eigenvalue weighted by molar-refractivity contribution is 0.0753. The highest BCUT2D eigenvalue weighted by Crippen LogP contribution is 2.33. The van der Waals surface area contributed by atoms with Crippen molar-refractivity contribution >= 4 is 28.8 Å². The molecule has 4 heterocycles. The Labute approximate surface area is 155 Å². The predicted octanol–water partition coefficient (Wildman–Crippen LogP) is 4.30. The number of hydrogen-bond donors (Lipinski definition) is 0. The molecule has 0 bridgehead atoms. The number of hydrogen-bond acceptors (Lipinski definition) is 3. The van der Waals surface area contributed by atoms with E-state index in [0.29, 0.717) is 22.3 Å². The number of nitrogens with zero attached hydrogens (tertiary/aromatic N) is 4. The molecule has 0 unspecified atom stereocenters. The first-order chi connectivity index (χ1) is 11.8. The molecule has 0 spiro atoms. The maximum absolute atomic E-state index is 12.7. The molecule has 0 aromatic carbocycles. The summed E-state index contributed by atoms with van der Waals surface area (Å²) in [5.74, 6) is 1.04. The molecule has 0 fully saturated rings. The third-order valence-corrected chi connectivity index (χ3v) is 5.50. The Kier molecular flexibility index (Phi) is 3.77. The molecule has 0 radical (unpaired) electrons. The minimum atomic E-state index is -0.139. The highest BCUT2D eigenvalue weighted by atomic mass is 35.5. The van der Waals surface area contributed by atoms with Crippen LogP contribution in [0.4, 0.5) is 0 Å². The van der Waals surface area contributed by atoms with Crippen LogP contribution in [0, 0.1) is 0 Å². The molecule has 0 aliphatic carbocycles. The second-order valence-corrected chi connectivity index (χ2v) is 8.90. The highest BCUT2D eigenvalue weighted by molar-refractivity contribution is 7.17. The fraction of sp³-hybridized carbons (Fsp3) is 0.333. The zero-order valence-electron chi connectivity index (χ0n) is 14.4. The molecule has 3 aromatic rings. The summed E-state index contributed by atoms with van der Waals surface area (Å²) in [6.07, 6.45) is 4.03. The summed E-state index contributed by atoms with van der Waals surface area (Å²) >= 11 is 7.29. The van der Waals surface area contributed by atoms with Crippen molar-refractivity contribution in [3.05, 3.63) is 57.1 Å². The highest BCUT2D eigenvalue weighted by Gasteiger charge is 2.34. The van der Waals surface area contributed by atoms with Crippen LogP contribution in [0.2, 0.25) is 4.34 Å². The minimum Gasteiger partial charge on any atom is -0.327 e. The number of thiophene rings is 1. The van der Waals surface area contributed by atoms with Gasteiger partial charge in [-0.15, -0.1) is 11.3 Å². The predicted molar refractivity (Wildman–Crippen MR) is 99.5 cm³/mol. The Morgan fingerprint density at radius 2 is 1.92 bits per heavy atom. The lowest BCUT2D eigenvalue weighted by Gasteiger charge is -2.24. The topological polar surface area (TPSA) is 43.1 Å². The van der Waals surface area contributed by atoms with E-state index in [1.807, 2.05) is 29.4 Å². The first-order valence-corrected chi connectivity index (χ1v) is 9.33. The van der Waals surface area contributed by atoms with Gasteiger partial charge >= 0.3 is 0 Å². The van der Waals surface area contributed by atoms with Crippen molar-refractivity contribution in [2.24, 2.45) is 0 Å². The van der Waals surface area contributed by atoms with Crippen LogP contribution in [0.25, 0.3) is 5.82 Å². The average Bonchev–Trinajstić information content (AvgIpc) is 3.28. The third-order valence-electron chi connectivity index (χ3n) is 4.28. The summed E-state index contributed by atoms with van der Waals surface area (Å²) in [5.41, 5.74) is 1.94. The van der Waals surface area contributed by atoms with Crippen molar-refractivity contribution < 1.29 is 4.79 Å². The SMILES string of the molecule is CC(C)(C)n1nc2c(c1-n1cccc1)CN(C(=O)c1ccc(Cl)s1)C2. The molecule has 3 aromatic heterocycles. The van der Waals surface area contributed by atoms with Crippen molar-refractivity contribution in [3.63, 3.8) is 0 Å². The van der Waals surface area contributed by atoms with Crippen molar-refractivity contribution in [2.45, 2.75) is 39.4 Å². The summed E-state index contributed by atoms with van der Waals surface area (Å²) in [7, 11) is 0. The lowest BCUT2D eigenvalue weighted by Crippen LogP contribution is -2.29. The van der Waals surface area contributed by atoms with Crippen LogP contribution in [0.1, 0.15) is 41.7 Å². The molecule has 5 nitrogen and oxygen atoms in total. The van der Waals surface area contributed by atoms with E-state index >= 15 is 0 Å². The molecule has 130 valence electrons. The molecule has 0 saturated carbocycles. The van der Waals surface area contributed by atoms with Gasteiger partial charge in [-0.25, -0.2) is 4.68 Å². The van der Waals surface area contributed by atoms with E-state index in [0.717, 1.165) is 17.1 Å². The lowest BCUT2D eigenvalue weighted by atomic mass is 10.1. The van der Waals surface area contributed by atoms with Gasteiger partial charge in [0.25, 0.3) is 5.91 Å². The molecule has 1 amide bonds. The summed E-state index contributed by atoms with van der Waals surface area (Å²) in [6.45, 7) is 7.50. The summed E-state index contributed by atoms with van der Waals surface area (Å²) in [6, 6.07) is 7.55. The molecular formula is C18H19ClN4OS. The van der Waals surface area contributed by atoms with Crippen molar-refractivity contribution in [2.75, 3.05) is 0 Å². The van der Waals surface area contributed by atoms with Gasteiger partial charge in [-0.2, -0.15) is 5.10 Å². The summed E-state index contributed by atoms with van der Waals surface area (Å²) < 4.78 is 4.76. The molecule has 1 aliphatic heterocycles. The van der Waals surface area contributed by atoms with Gasteiger partial charge in [0.1, 0.15) is 5.82 Å². The van der Waals surface area contributed by atoms with Gasteiger partial charge in [0.15, 0.2) is 0 Å². The van der Waals surface area contributed by atoms with Gasteiger partial charge < -0.3 is 9.47 Å². The largest absolute Gasteiger partial charge is 0.327 e. The maximum atomic E-state index is 12.7. The standard InChI is InChI=1S/C18H19ClN4OS/c1-18(2,3)23-16(21-8-4-5-9-21)12-10-22(11-13(12)20-23)17(24)14-6-7-15(19)25-14/h4-9H,10-11H2,1-3H3. The summed E-state index contributed by atoms with van der Waals surface area (Å²) in [4.78, 5) is 15.2. The molecule has 25 heavy (non-hydrogen) atoms. The van der Waals surface area contributed by atoms with E-state index in [1.54, 1.807) is 12.1 Å². The van der Waals surface area contributed by atoms with Gasteiger partial charge in [-0.05, 0) is 45.0 Å². The molecule has 1 aliphatic rings. The van der Waals surface area contributed by atoms with Crippen LogP contribution in [-0.4, -0.2) is 25.2 Å². The Morgan fingerprint density at radius 3 is 2.52 bits per heavy atom. The Morgan fingerprint density at radius 1 is 1.20 bits per heavy atom. The molecule has 0 N–H and O–H groups in total. The van der Waals surface area contributed by atoms with Gasteiger partial charge in [-0.3, -0.25) is 4.79 Å². The van der Waals surface area contributed by atoms with E-state index in [1.165, 1.54) is 11.3 Å². The molecule has 4 rings (SSSR count). The number of fused-ring (bicyclic) bond motifs is 1. The average molecular weight is 375 g/mol. The molecule has 0 saturated heterocycles. The Balaban J connectivity index is 1.72. The number of carbonyl (C=O) groups is 1. The number of amides is 1. The van der Waals surface area contributed by atoms with E-state index < -0.39 is 0 Å². The number of halogens is 1. The van der Waals surface area contributed by atoms with E-state index in [4.69, 9.17) is 16.7 Å². The van der Waals surface area contributed by atoms with Gasteiger partial charge in [0, 0.05) is 18.0 Å². The normalized spacial score (nSPS) is 14.2. The Hall–Kier alpha value is -2.05. The monoisotopic (exact) mass is 374 g/mol. The molecule has 7 heteroatoms. The van der Waals surface area contributed by atoms with Crippen LogP contribution in [-0.2, 0) is 18.6 Å². The van der Waals surface area contributed by atoms with Crippen LogP contribution in [0.15, 0.2) is 36.7 Å². The first kappa shape index (κ1) is 16.4. The van der Waals surface area contributed by atoms with Crippen LogP contribution >= 0.6 is 22.9 Å². The minimum absolute atomic E-state index is 0.00987. The number of rotatable bonds is 2. The van der Waals surface area contributed by atoms with Crippen molar-refractivity contribution in [1.29, 1.82) is 0 Å². The second-order valence-electron chi connectivity index (χ2n) is 7.19. The smallest absolute Gasteiger partial charge is 0.264 e. The maximum Gasteiger partial charge on any atom is 0.264 e. The Bertz CT molecular complexity index is 933. The first-order valence-electron chi connectivity index (χ1n) is 8.14. The third kappa shape index (κ3) is 2.79. The van der Waals surface area contributed by atoms with Gasteiger partial charge in [0.2, 0.25) is 0 Å². The van der Waals surface area contributed by atoms with E-state index in [2.05, 4.69) is 30.0 Å². The van der Waals surface area contributed by atoms with E-state index in [-0.39, 0.29) is 11.4 Å². The van der Waals surface area contributed by atoms with Crippen molar-refractivity contribution in [3.8, 4) is 5.82 Å². The van der Waals surface area contributed by atoms with E-state index in [9.17, 15) is 4.79 Å². The van der Waals surface area contributed by atoms with Gasteiger partial charge in [-0.1, -0.05) is 11.6 Å². The van der Waals surface area contributed by atoms with Crippen molar-refractivity contribution in [1.82, 2.24) is 19.2 Å². The fourth-order valence-electron chi connectivity index (χ4n) is 3.14. The number of aromatic nitrogens is 3. The van der Waals surface area contributed by atoms with Gasteiger partial charge in [0.05, 0.1) is 33.5 Å². The molecule has 0 atom stereocenters. The van der Waals surface area contributed by atoms with Crippen LogP contribution < -0.4 is 0 Å². The molecular weight excluding hydrogens is 356 g/mol. The number of carbonyl (C=O) groups excluding carboxylic acids is 1. The van der Waals surface area contributed by atoms with Crippen LogP contribution in [0.3, 0.4) is 0 Å². The second kappa shape index (κ2) is 5.75. The zero-order valence-corrected chi connectivity index (χ0v) is 15.9. The quantitative estimate of drug-likeness (QED) is 0.671. The summed E-state index contributed by atoms with van der Waals surface area (Å²) in [5, 5.41) is 4.83. The zero-order chi connectivity index (χ0) is 17.8.